The zero-order valence-corrected chi connectivity index (χ0v) is 13.2. The van der Waals surface area contributed by atoms with Crippen LogP contribution in [0, 0.1) is 28.6 Å². The number of aliphatic hydroxyl groups is 4. The zero-order chi connectivity index (χ0) is 15.0. The molecular weight excluding hydrogens is 319 g/mol. The van der Waals surface area contributed by atoms with Gasteiger partial charge < -0.3 is 0 Å². The average molecular weight is 336 g/mol. The van der Waals surface area contributed by atoms with Crippen molar-refractivity contribution in [2.75, 3.05) is 6.16 Å². The van der Waals surface area contributed by atoms with Crippen LogP contribution in [0.3, 0.4) is 0 Å². The molecule has 2 aliphatic heterocycles. The van der Waals surface area contributed by atoms with Crippen LogP contribution in [-0.4, -0.2) is 50.5 Å². The number of rotatable bonds is 4. The van der Waals surface area contributed by atoms with Gasteiger partial charge in [-0.15, -0.1) is 0 Å². The molecular formula is C11H17N2O4PS2. The molecule has 20 heavy (non-hydrogen) atoms. The van der Waals surface area contributed by atoms with Gasteiger partial charge in [0.05, 0.1) is 0 Å². The quantitative estimate of drug-likeness (QED) is 0.340. The van der Waals surface area contributed by atoms with Gasteiger partial charge in [-0.3, -0.25) is 0 Å². The molecule has 4 N–H and O–H groups in total. The molecule has 0 aromatic rings. The topological polar surface area (TPSA) is 128 Å². The van der Waals surface area contributed by atoms with E-state index < -0.39 is 34.8 Å². The second kappa shape index (κ2) is 5.62. The predicted molar refractivity (Wildman–Crippen MR) is 79.6 cm³/mol. The fraction of sp³-hybridized carbons (Fsp3) is 0.818. The summed E-state index contributed by atoms with van der Waals surface area (Å²) >= 11 is 0. The fourth-order valence-corrected chi connectivity index (χ4v) is 19.5. The zero-order valence-electron chi connectivity index (χ0n) is 10.7. The van der Waals surface area contributed by atoms with Crippen molar-refractivity contribution in [1.82, 2.24) is 0 Å². The molecule has 6 nitrogen and oxygen atoms in total. The van der Waals surface area contributed by atoms with E-state index in [4.69, 9.17) is 10.5 Å². The van der Waals surface area contributed by atoms with Gasteiger partial charge in [0.15, 0.2) is 0 Å². The number of nitrogens with zero attached hydrogens (tertiary/aromatic N) is 2. The van der Waals surface area contributed by atoms with Gasteiger partial charge in [-0.1, -0.05) is 0 Å². The molecule has 9 heteroatoms. The van der Waals surface area contributed by atoms with Crippen molar-refractivity contribution in [3.05, 3.63) is 0 Å². The van der Waals surface area contributed by atoms with E-state index in [1.54, 1.807) is 0 Å². The Hall–Kier alpha value is -0.0500. The van der Waals surface area contributed by atoms with Crippen LogP contribution >= 0.6 is 25.8 Å². The van der Waals surface area contributed by atoms with Gasteiger partial charge in [0, 0.05) is 0 Å². The maximum absolute atomic E-state index is 10.5. The third-order valence-corrected chi connectivity index (χ3v) is 21.0. The van der Waals surface area contributed by atoms with Crippen LogP contribution in [0.25, 0.3) is 0 Å². The van der Waals surface area contributed by atoms with Crippen LogP contribution in [0.15, 0.2) is 0 Å². The van der Waals surface area contributed by atoms with Crippen molar-refractivity contribution in [2.45, 2.75) is 43.2 Å². The summed E-state index contributed by atoms with van der Waals surface area (Å²) in [6.45, 7) is 0. The van der Waals surface area contributed by atoms with E-state index in [1.165, 1.54) is 20.8 Å². The van der Waals surface area contributed by atoms with E-state index in [0.717, 1.165) is 0 Å². The minimum atomic E-state index is -3.17. The van der Waals surface area contributed by atoms with Crippen LogP contribution < -0.4 is 0 Å². The van der Waals surface area contributed by atoms with E-state index in [0.29, 0.717) is 6.16 Å². The Labute approximate surface area is 124 Å². The molecule has 2 heterocycles. The van der Waals surface area contributed by atoms with Crippen LogP contribution in [0.2, 0.25) is 0 Å². The summed E-state index contributed by atoms with van der Waals surface area (Å²) in [5.41, 5.74) is 0. The van der Waals surface area contributed by atoms with Gasteiger partial charge in [-0.05, 0) is 0 Å². The number of hydrogen-bond donors (Lipinski definition) is 4. The normalized spacial score (nSPS) is 42.9. The van der Waals surface area contributed by atoms with Crippen molar-refractivity contribution >= 4 is 25.8 Å². The first-order chi connectivity index (χ1) is 9.43. The Morgan fingerprint density at radius 3 is 1.80 bits per heavy atom. The number of aliphatic hydroxyl groups excluding tert-OH is 4. The average Bonchev–Trinajstić information content (AvgIpc) is 3.20. The van der Waals surface area contributed by atoms with Crippen LogP contribution in [0.1, 0.15) is 19.3 Å². The standard InChI is InChI=1S/C11H17N2O4PS2/c12-4-1-3-7-8(14)10(16)18(19-20-18,6-2-5-13)11(17)9(7)15/h7-11,14-17H,1-3,6H2. The number of hydrogen-bond acceptors (Lipinski definition) is 8. The SMILES string of the molecule is N#CCCC1C(O)C(O)P2(CCC#N)(SS2)C(O)C1O. The summed E-state index contributed by atoms with van der Waals surface area (Å²) in [4.78, 5) is 0. The predicted octanol–water partition coefficient (Wildman–Crippen LogP) is 0.971. The molecule has 1 spiro atoms. The summed E-state index contributed by atoms with van der Waals surface area (Å²) < 4.78 is 0. The Morgan fingerprint density at radius 2 is 1.40 bits per heavy atom. The molecule has 0 aromatic carbocycles. The molecule has 2 saturated heterocycles. The summed E-state index contributed by atoms with van der Waals surface area (Å²) in [5.74, 6) is -2.95. The first-order valence-electron chi connectivity index (χ1n) is 6.29. The summed E-state index contributed by atoms with van der Waals surface area (Å²) in [6, 6.07) is 3.94. The fourth-order valence-electron chi connectivity index (χ4n) is 2.86. The van der Waals surface area contributed by atoms with Gasteiger partial charge in [-0.2, -0.15) is 0 Å². The van der Waals surface area contributed by atoms with E-state index in [2.05, 4.69) is 0 Å². The maximum atomic E-state index is 10.5. The van der Waals surface area contributed by atoms with Gasteiger partial charge in [0.2, 0.25) is 0 Å². The van der Waals surface area contributed by atoms with Crippen molar-refractivity contribution in [3.63, 3.8) is 0 Å². The minimum absolute atomic E-state index is 0.145. The van der Waals surface area contributed by atoms with Crippen LogP contribution in [0.4, 0.5) is 0 Å². The Balaban J connectivity index is 2.27. The second-order valence-electron chi connectivity index (χ2n) is 5.22. The summed E-state index contributed by atoms with van der Waals surface area (Å²) in [5, 5.41) is 55.8. The molecule has 2 rings (SSSR count). The Bertz CT molecular complexity index is 456. The van der Waals surface area contributed by atoms with Crippen molar-refractivity contribution in [2.24, 2.45) is 5.92 Å². The second-order valence-corrected chi connectivity index (χ2v) is 19.0. The molecule has 0 aromatic heterocycles. The third-order valence-electron chi connectivity index (χ3n) is 4.21. The van der Waals surface area contributed by atoms with E-state index >= 15 is 0 Å². The van der Waals surface area contributed by atoms with Gasteiger partial charge in [0.1, 0.15) is 0 Å². The van der Waals surface area contributed by atoms with Gasteiger partial charge in [-0.25, -0.2) is 0 Å². The molecule has 0 saturated carbocycles. The molecule has 112 valence electrons. The van der Waals surface area contributed by atoms with E-state index in [-0.39, 0.29) is 19.3 Å². The molecule has 4 atom stereocenters. The van der Waals surface area contributed by atoms with Crippen LogP contribution in [0.5, 0.6) is 0 Å². The monoisotopic (exact) mass is 336 g/mol. The third kappa shape index (κ3) is 2.15. The summed E-state index contributed by atoms with van der Waals surface area (Å²) in [6.07, 6.45) is -1.46. The molecule has 0 amide bonds. The van der Waals surface area contributed by atoms with Crippen molar-refractivity contribution in [1.29, 1.82) is 10.5 Å². The van der Waals surface area contributed by atoms with Gasteiger partial charge in [0.25, 0.3) is 0 Å². The summed E-state index contributed by atoms with van der Waals surface area (Å²) in [7, 11) is 2.68. The molecule has 0 radical (unpaired) electrons. The first-order valence-corrected chi connectivity index (χ1v) is 12.2. The van der Waals surface area contributed by atoms with E-state index in [1.807, 2.05) is 12.1 Å². The molecule has 2 fully saturated rings. The van der Waals surface area contributed by atoms with Crippen molar-refractivity contribution < 1.29 is 20.4 Å². The Kier molecular flexibility index (Phi) is 4.59. The molecule has 0 aliphatic carbocycles. The molecule has 2 aliphatic rings. The van der Waals surface area contributed by atoms with Crippen LogP contribution in [-0.2, 0) is 0 Å². The first kappa shape index (κ1) is 16.3. The van der Waals surface area contributed by atoms with Gasteiger partial charge >= 0.3 is 124 Å². The van der Waals surface area contributed by atoms with E-state index in [9.17, 15) is 20.4 Å². The van der Waals surface area contributed by atoms with Crippen molar-refractivity contribution in [3.8, 4) is 12.1 Å². The molecule has 4 unspecified atom stereocenters. The number of nitriles is 2. The molecule has 0 bridgehead atoms. The Morgan fingerprint density at radius 1 is 0.900 bits per heavy atom.